The number of rotatable bonds is 2. The van der Waals surface area contributed by atoms with Crippen molar-refractivity contribution in [1.82, 2.24) is 4.90 Å². The number of nitrogens with one attached hydrogen (secondary N) is 1. The topological polar surface area (TPSA) is 50.8 Å². The molecule has 2 aromatic carbocycles. The summed E-state index contributed by atoms with van der Waals surface area (Å²) in [6.07, 6.45) is 0.771. The van der Waals surface area contributed by atoms with Gasteiger partial charge >= 0.3 is 6.03 Å². The molecule has 5 nitrogen and oxygen atoms in total. The maximum atomic E-state index is 13.7. The number of para-hydroxylation sites is 1. The normalized spacial score (nSPS) is 18.5. The summed E-state index contributed by atoms with van der Waals surface area (Å²) in [5.74, 6) is -0.0225. The Kier molecular flexibility index (Phi) is 3.91. The van der Waals surface area contributed by atoms with Crippen LogP contribution in [0.4, 0.5) is 19.3 Å². The van der Waals surface area contributed by atoms with Gasteiger partial charge in [-0.3, -0.25) is 0 Å². The molecule has 0 bridgehead atoms. The molecule has 1 N–H and O–H groups in total. The Bertz CT molecular complexity index is 808. The van der Waals surface area contributed by atoms with E-state index < -0.39 is 23.4 Å². The molecule has 2 amide bonds. The van der Waals surface area contributed by atoms with Gasteiger partial charge in [0, 0.05) is 19.0 Å². The van der Waals surface area contributed by atoms with Gasteiger partial charge < -0.3 is 19.7 Å². The molecule has 25 heavy (non-hydrogen) atoms. The molecule has 0 radical (unpaired) electrons. The molecule has 4 rings (SSSR count). The molecule has 2 heterocycles. The summed E-state index contributed by atoms with van der Waals surface area (Å²) in [6.45, 7) is 1.20. The van der Waals surface area contributed by atoms with Gasteiger partial charge in [-0.25, -0.2) is 13.6 Å². The molecule has 2 aliphatic heterocycles. The molecule has 0 unspecified atom stereocenters. The van der Waals surface area contributed by atoms with Gasteiger partial charge in [0.2, 0.25) is 6.79 Å². The Hall–Kier alpha value is -2.83. The second-order valence-electron chi connectivity index (χ2n) is 6.07. The Balaban J connectivity index is 1.44. The van der Waals surface area contributed by atoms with Crippen molar-refractivity contribution in [2.45, 2.75) is 12.3 Å². The van der Waals surface area contributed by atoms with Crippen LogP contribution in [0.1, 0.15) is 17.9 Å². The van der Waals surface area contributed by atoms with Gasteiger partial charge in [0.1, 0.15) is 17.3 Å². The lowest BCUT2D eigenvalue weighted by Gasteiger charge is -2.18. The third kappa shape index (κ3) is 2.97. The Morgan fingerprint density at radius 2 is 1.88 bits per heavy atom. The molecule has 7 heteroatoms. The molecule has 1 atom stereocenters. The monoisotopic (exact) mass is 346 g/mol. The third-order valence-electron chi connectivity index (χ3n) is 4.54. The first-order chi connectivity index (χ1) is 12.1. The van der Waals surface area contributed by atoms with E-state index in [2.05, 4.69) is 5.32 Å². The highest BCUT2D eigenvalue weighted by atomic mass is 19.1. The van der Waals surface area contributed by atoms with Gasteiger partial charge in [0.25, 0.3) is 0 Å². The second kappa shape index (κ2) is 6.23. The summed E-state index contributed by atoms with van der Waals surface area (Å²) >= 11 is 0. The third-order valence-corrected chi connectivity index (χ3v) is 4.54. The van der Waals surface area contributed by atoms with E-state index in [4.69, 9.17) is 9.47 Å². The number of carbonyl (C=O) groups is 1. The van der Waals surface area contributed by atoms with Crippen molar-refractivity contribution in [3.8, 4) is 11.5 Å². The lowest BCUT2D eigenvalue weighted by atomic mass is 9.98. The zero-order valence-corrected chi connectivity index (χ0v) is 13.3. The van der Waals surface area contributed by atoms with Crippen molar-refractivity contribution >= 4 is 11.7 Å². The van der Waals surface area contributed by atoms with Gasteiger partial charge in [0.05, 0.1) is 0 Å². The van der Waals surface area contributed by atoms with E-state index in [-0.39, 0.29) is 12.7 Å². The van der Waals surface area contributed by atoms with Gasteiger partial charge in [-0.2, -0.15) is 0 Å². The van der Waals surface area contributed by atoms with E-state index in [9.17, 15) is 13.6 Å². The number of carbonyl (C=O) groups excluding carboxylic acids is 1. The maximum Gasteiger partial charge on any atom is 0.322 e. The van der Waals surface area contributed by atoms with Crippen LogP contribution >= 0.6 is 0 Å². The molecule has 0 aliphatic carbocycles. The van der Waals surface area contributed by atoms with Crippen LogP contribution in [0.25, 0.3) is 0 Å². The zero-order valence-electron chi connectivity index (χ0n) is 13.3. The van der Waals surface area contributed by atoms with Gasteiger partial charge in [0.15, 0.2) is 11.5 Å². The summed E-state index contributed by atoms with van der Waals surface area (Å²) in [4.78, 5) is 13.9. The van der Waals surface area contributed by atoms with Crippen LogP contribution in [-0.4, -0.2) is 30.8 Å². The molecule has 0 aromatic heterocycles. The number of fused-ring (bicyclic) bond motifs is 1. The van der Waals surface area contributed by atoms with Crippen LogP contribution in [0.15, 0.2) is 36.4 Å². The molecular formula is C18H16F2N2O3. The Labute approximate surface area is 143 Å². The van der Waals surface area contributed by atoms with Crippen molar-refractivity contribution in [2.75, 3.05) is 25.2 Å². The summed E-state index contributed by atoms with van der Waals surface area (Å²) in [7, 11) is 0. The first-order valence-corrected chi connectivity index (χ1v) is 8.01. The molecule has 0 spiro atoms. The average Bonchev–Trinajstić information content (AvgIpc) is 3.26. The van der Waals surface area contributed by atoms with E-state index >= 15 is 0 Å². The molecule has 2 aliphatic rings. The number of amides is 2. The highest BCUT2D eigenvalue weighted by Crippen LogP contribution is 2.37. The lowest BCUT2D eigenvalue weighted by Crippen LogP contribution is -2.33. The highest BCUT2D eigenvalue weighted by Gasteiger charge is 2.29. The number of urea groups is 1. The molecule has 2 aromatic rings. The number of hydrogen-bond donors (Lipinski definition) is 1. The minimum Gasteiger partial charge on any atom is -0.454 e. The molecule has 1 saturated heterocycles. The molecule has 130 valence electrons. The van der Waals surface area contributed by atoms with Gasteiger partial charge in [-0.05, 0) is 36.2 Å². The standard InChI is InChI=1S/C18H16F2N2O3/c19-13-2-1-3-14(20)17(13)21-18(23)22-7-6-12(9-22)11-4-5-15-16(8-11)25-10-24-15/h1-5,8,12H,6-7,9-10H2,(H,21,23)/t12-/m1/s1. The van der Waals surface area contributed by atoms with Crippen molar-refractivity contribution in [3.05, 3.63) is 53.6 Å². The van der Waals surface area contributed by atoms with Crippen molar-refractivity contribution in [2.24, 2.45) is 0 Å². The SMILES string of the molecule is O=C(Nc1c(F)cccc1F)N1CC[C@@H](c2ccc3c(c2)OCO3)C1. The largest absolute Gasteiger partial charge is 0.454 e. The molecule has 1 fully saturated rings. The number of benzene rings is 2. The van der Waals surface area contributed by atoms with E-state index in [1.165, 1.54) is 6.07 Å². The number of anilines is 1. The smallest absolute Gasteiger partial charge is 0.322 e. The fourth-order valence-electron chi connectivity index (χ4n) is 3.19. The van der Waals surface area contributed by atoms with Gasteiger partial charge in [-0.15, -0.1) is 0 Å². The fourth-order valence-corrected chi connectivity index (χ4v) is 3.19. The van der Waals surface area contributed by atoms with Crippen LogP contribution in [0.3, 0.4) is 0 Å². The van der Waals surface area contributed by atoms with Crippen molar-refractivity contribution < 1.29 is 23.0 Å². The van der Waals surface area contributed by atoms with Crippen molar-refractivity contribution in [3.63, 3.8) is 0 Å². The number of halogens is 2. The van der Waals surface area contributed by atoms with Crippen molar-refractivity contribution in [1.29, 1.82) is 0 Å². The molecular weight excluding hydrogens is 330 g/mol. The van der Waals surface area contributed by atoms with Crippen LogP contribution < -0.4 is 14.8 Å². The quantitative estimate of drug-likeness (QED) is 0.902. The Morgan fingerprint density at radius 1 is 1.12 bits per heavy atom. The van der Waals surface area contributed by atoms with E-state index in [0.29, 0.717) is 24.6 Å². The summed E-state index contributed by atoms with van der Waals surface area (Å²) in [6, 6.07) is 8.70. The maximum absolute atomic E-state index is 13.7. The van der Waals surface area contributed by atoms with E-state index in [0.717, 1.165) is 24.1 Å². The average molecular weight is 346 g/mol. The fraction of sp³-hybridized carbons (Fsp3) is 0.278. The number of likely N-dealkylation sites (tertiary alicyclic amines) is 1. The van der Waals surface area contributed by atoms with Crippen LogP contribution in [-0.2, 0) is 0 Å². The number of nitrogens with zero attached hydrogens (tertiary/aromatic N) is 1. The van der Waals surface area contributed by atoms with Gasteiger partial charge in [-0.1, -0.05) is 12.1 Å². The number of hydrogen-bond acceptors (Lipinski definition) is 3. The van der Waals surface area contributed by atoms with Crippen LogP contribution in [0, 0.1) is 11.6 Å². The highest BCUT2D eigenvalue weighted by molar-refractivity contribution is 5.89. The predicted molar refractivity (Wildman–Crippen MR) is 86.9 cm³/mol. The second-order valence-corrected chi connectivity index (χ2v) is 6.07. The lowest BCUT2D eigenvalue weighted by molar-refractivity contribution is 0.174. The van der Waals surface area contributed by atoms with Crippen LogP contribution in [0.5, 0.6) is 11.5 Å². The van der Waals surface area contributed by atoms with E-state index in [1.54, 1.807) is 4.90 Å². The Morgan fingerprint density at radius 3 is 2.68 bits per heavy atom. The zero-order chi connectivity index (χ0) is 17.4. The summed E-state index contributed by atoms with van der Waals surface area (Å²) in [5.41, 5.74) is 0.635. The first-order valence-electron chi connectivity index (χ1n) is 8.01. The minimum atomic E-state index is -0.792. The predicted octanol–water partition coefficient (Wildman–Crippen LogP) is 3.71. The van der Waals surface area contributed by atoms with E-state index in [1.807, 2.05) is 18.2 Å². The number of ether oxygens (including phenoxy) is 2. The summed E-state index contributed by atoms with van der Waals surface area (Å²) < 4.78 is 38.0. The first kappa shape index (κ1) is 15.7. The summed E-state index contributed by atoms with van der Waals surface area (Å²) in [5, 5.41) is 2.33. The minimum absolute atomic E-state index is 0.144. The van der Waals surface area contributed by atoms with Crippen LogP contribution in [0.2, 0.25) is 0 Å². The molecule has 0 saturated carbocycles.